The molecule has 5 atom stereocenters. The van der Waals surface area contributed by atoms with Gasteiger partial charge < -0.3 is 30.3 Å². The van der Waals surface area contributed by atoms with E-state index in [9.17, 15) is 24.9 Å². The van der Waals surface area contributed by atoms with Crippen LogP contribution >= 0.6 is 11.8 Å². The van der Waals surface area contributed by atoms with Crippen molar-refractivity contribution >= 4 is 29.3 Å². The van der Waals surface area contributed by atoms with Crippen molar-refractivity contribution < 1.29 is 29.6 Å². The van der Waals surface area contributed by atoms with E-state index in [4.69, 9.17) is 4.74 Å². The number of benzene rings is 1. The summed E-state index contributed by atoms with van der Waals surface area (Å²) in [5, 5.41) is 33.7. The van der Waals surface area contributed by atoms with Crippen molar-refractivity contribution in [3.8, 4) is 0 Å². The predicted octanol–water partition coefficient (Wildman–Crippen LogP) is 1.50. The summed E-state index contributed by atoms with van der Waals surface area (Å²) in [6.45, 7) is 9.73. The van der Waals surface area contributed by atoms with Gasteiger partial charge in [0.25, 0.3) is 11.8 Å². The number of aliphatic hydroxyl groups is 3. The number of aliphatic hydroxyl groups excluding tert-OH is 3. The van der Waals surface area contributed by atoms with Crippen LogP contribution in [0.4, 0.5) is 5.69 Å². The molecule has 4 N–H and O–H groups in total. The van der Waals surface area contributed by atoms with Gasteiger partial charge in [-0.3, -0.25) is 9.59 Å². The molecule has 2 rings (SSSR count). The van der Waals surface area contributed by atoms with Crippen LogP contribution < -0.4 is 10.2 Å². The Morgan fingerprint density at radius 3 is 2.58 bits per heavy atom. The molecule has 0 spiro atoms. The fourth-order valence-electron chi connectivity index (χ4n) is 3.31. The number of methoxy groups -OCH3 is 1. The molecule has 0 aliphatic carbocycles. The number of thioether (sulfide) groups is 1. The fraction of sp³-hybridized carbons (Fsp3) is 0.500. The summed E-state index contributed by atoms with van der Waals surface area (Å²) in [6, 6.07) is 6.55. The van der Waals surface area contributed by atoms with Gasteiger partial charge in [0, 0.05) is 24.3 Å². The number of hydrogen-bond acceptors (Lipinski definition) is 7. The molecule has 1 heterocycles. The highest BCUT2D eigenvalue weighted by Gasteiger charge is 2.38. The first-order valence-corrected chi connectivity index (χ1v) is 11.7. The SMILES string of the molecule is C=CCN1C(=O)C(NC(=O)[C@H](OC)[C@H](O)[C@@H](O)[C@H](O)/C=C/C(C)(C)C)CSc2ccccc21. The van der Waals surface area contributed by atoms with Crippen LogP contribution in [0.2, 0.25) is 0 Å². The molecule has 0 saturated carbocycles. The number of ether oxygens (including phenoxy) is 1. The van der Waals surface area contributed by atoms with Gasteiger partial charge in [0.1, 0.15) is 24.4 Å². The lowest BCUT2D eigenvalue weighted by molar-refractivity contribution is -0.150. The predicted molar refractivity (Wildman–Crippen MR) is 129 cm³/mol. The smallest absolute Gasteiger partial charge is 0.252 e. The van der Waals surface area contributed by atoms with E-state index in [-0.39, 0.29) is 23.6 Å². The maximum atomic E-state index is 13.2. The van der Waals surface area contributed by atoms with Gasteiger partial charge in [-0.25, -0.2) is 0 Å². The van der Waals surface area contributed by atoms with Crippen molar-refractivity contribution in [1.29, 1.82) is 0 Å². The number of anilines is 1. The van der Waals surface area contributed by atoms with E-state index in [1.54, 1.807) is 17.1 Å². The molecule has 1 aliphatic rings. The highest BCUT2D eigenvalue weighted by atomic mass is 32.2. The van der Waals surface area contributed by atoms with Crippen molar-refractivity contribution in [2.75, 3.05) is 24.3 Å². The third-order valence-corrected chi connectivity index (χ3v) is 6.23. The van der Waals surface area contributed by atoms with Crippen molar-refractivity contribution in [3.63, 3.8) is 0 Å². The van der Waals surface area contributed by atoms with Crippen LogP contribution in [-0.4, -0.2) is 77.0 Å². The van der Waals surface area contributed by atoms with E-state index in [1.165, 1.54) is 24.9 Å². The molecule has 0 saturated heterocycles. The molecule has 0 fully saturated rings. The first-order chi connectivity index (χ1) is 15.5. The van der Waals surface area contributed by atoms with Crippen LogP contribution in [-0.2, 0) is 14.3 Å². The van der Waals surface area contributed by atoms with E-state index < -0.39 is 36.4 Å². The molecular weight excluding hydrogens is 444 g/mol. The Morgan fingerprint density at radius 2 is 1.97 bits per heavy atom. The summed E-state index contributed by atoms with van der Waals surface area (Å²) >= 11 is 1.43. The third kappa shape index (κ3) is 7.15. The zero-order chi connectivity index (χ0) is 24.8. The second kappa shape index (κ2) is 11.8. The third-order valence-electron chi connectivity index (χ3n) is 5.07. The summed E-state index contributed by atoms with van der Waals surface area (Å²) in [5.41, 5.74) is 0.493. The molecule has 1 aromatic carbocycles. The summed E-state index contributed by atoms with van der Waals surface area (Å²) in [5.74, 6) is -0.806. The molecule has 33 heavy (non-hydrogen) atoms. The lowest BCUT2D eigenvalue weighted by Gasteiger charge is -2.29. The summed E-state index contributed by atoms with van der Waals surface area (Å²) < 4.78 is 5.13. The van der Waals surface area contributed by atoms with Gasteiger partial charge in [-0.05, 0) is 17.5 Å². The minimum Gasteiger partial charge on any atom is -0.387 e. The van der Waals surface area contributed by atoms with Crippen LogP contribution in [0.5, 0.6) is 0 Å². The highest BCUT2D eigenvalue weighted by molar-refractivity contribution is 7.99. The molecule has 182 valence electrons. The second-order valence-electron chi connectivity index (χ2n) is 8.93. The van der Waals surface area contributed by atoms with Gasteiger partial charge in [-0.2, -0.15) is 0 Å². The molecule has 0 bridgehead atoms. The van der Waals surface area contributed by atoms with Crippen LogP contribution in [0.3, 0.4) is 0 Å². The average Bonchev–Trinajstić information content (AvgIpc) is 2.89. The minimum absolute atomic E-state index is 0.240. The zero-order valence-electron chi connectivity index (χ0n) is 19.5. The molecule has 2 amide bonds. The molecule has 1 aliphatic heterocycles. The number of carbonyl (C=O) groups is 2. The number of nitrogens with one attached hydrogen (secondary N) is 1. The molecule has 9 heteroatoms. The van der Waals surface area contributed by atoms with Gasteiger partial charge in [-0.15, -0.1) is 18.3 Å². The Morgan fingerprint density at radius 1 is 1.30 bits per heavy atom. The Kier molecular flexibility index (Phi) is 9.69. The molecule has 1 aromatic rings. The Balaban J connectivity index is 2.15. The number of rotatable bonds is 9. The number of hydrogen-bond donors (Lipinski definition) is 4. The lowest BCUT2D eigenvalue weighted by Crippen LogP contribution is -2.56. The summed E-state index contributed by atoms with van der Waals surface area (Å²) in [7, 11) is 1.21. The second-order valence-corrected chi connectivity index (χ2v) is 9.99. The Hall–Kier alpha value is -2.17. The monoisotopic (exact) mass is 478 g/mol. The van der Waals surface area contributed by atoms with Crippen LogP contribution in [0.1, 0.15) is 20.8 Å². The maximum Gasteiger partial charge on any atom is 0.252 e. The van der Waals surface area contributed by atoms with E-state index in [2.05, 4.69) is 11.9 Å². The first-order valence-electron chi connectivity index (χ1n) is 10.7. The topological polar surface area (TPSA) is 119 Å². The van der Waals surface area contributed by atoms with Gasteiger partial charge in [0.05, 0.1) is 5.69 Å². The Bertz CT molecular complexity index is 869. The normalized spacial score (nSPS) is 20.5. The molecular formula is C24H34N2O6S. The molecule has 8 nitrogen and oxygen atoms in total. The number of allylic oxidation sites excluding steroid dienone is 1. The lowest BCUT2D eigenvalue weighted by atomic mass is 9.94. The van der Waals surface area contributed by atoms with Crippen LogP contribution in [0.25, 0.3) is 0 Å². The number of nitrogens with zero attached hydrogens (tertiary/aromatic N) is 1. The van der Waals surface area contributed by atoms with Crippen molar-refractivity contribution in [3.05, 3.63) is 49.1 Å². The van der Waals surface area contributed by atoms with Gasteiger partial charge in [0.15, 0.2) is 6.10 Å². The van der Waals surface area contributed by atoms with Gasteiger partial charge in [-0.1, -0.05) is 51.1 Å². The largest absolute Gasteiger partial charge is 0.387 e. The van der Waals surface area contributed by atoms with Crippen molar-refractivity contribution in [1.82, 2.24) is 5.32 Å². The maximum absolute atomic E-state index is 13.2. The zero-order valence-corrected chi connectivity index (χ0v) is 20.3. The standard InChI is InChI=1S/C24H34N2O6S/c1-6-13-26-16-9-7-8-10-18(16)33-14-15(23(26)31)25-22(30)21(32-5)20(29)19(28)17(27)11-12-24(2,3)4/h6-12,15,17,19-21,27-29H,1,13-14H2,2-5H3,(H,25,30)/b12-11+/t15?,17-,19+,20-,21-/m1/s1. The molecule has 0 aromatic heterocycles. The molecule has 1 unspecified atom stereocenters. The number of carbonyl (C=O) groups excluding carboxylic acids is 2. The first kappa shape index (κ1) is 27.1. The summed E-state index contributed by atoms with van der Waals surface area (Å²) in [4.78, 5) is 28.5. The van der Waals surface area contributed by atoms with Crippen LogP contribution in [0, 0.1) is 5.41 Å². The van der Waals surface area contributed by atoms with Crippen molar-refractivity contribution in [2.45, 2.75) is 56.1 Å². The van der Waals surface area contributed by atoms with Gasteiger partial charge >= 0.3 is 0 Å². The fourth-order valence-corrected chi connectivity index (χ4v) is 4.38. The summed E-state index contributed by atoms with van der Waals surface area (Å²) in [6.07, 6.45) is -1.61. The molecule has 0 radical (unpaired) electrons. The highest BCUT2D eigenvalue weighted by Crippen LogP contribution is 2.34. The van der Waals surface area contributed by atoms with Crippen LogP contribution in [0.15, 0.2) is 54.0 Å². The van der Waals surface area contributed by atoms with E-state index in [1.807, 2.05) is 45.0 Å². The van der Waals surface area contributed by atoms with Crippen molar-refractivity contribution in [2.24, 2.45) is 5.41 Å². The quantitative estimate of drug-likeness (QED) is 0.397. The van der Waals surface area contributed by atoms with Gasteiger partial charge in [0.2, 0.25) is 0 Å². The number of para-hydroxylation sites is 1. The number of amides is 2. The average molecular weight is 479 g/mol. The number of fused-ring (bicyclic) bond motifs is 1. The van der Waals surface area contributed by atoms with E-state index in [0.717, 1.165) is 10.6 Å². The Labute approximate surface area is 199 Å². The minimum atomic E-state index is -1.72. The van der Waals surface area contributed by atoms with E-state index in [0.29, 0.717) is 0 Å². The van der Waals surface area contributed by atoms with E-state index >= 15 is 0 Å².